The molecule has 4 aromatic rings. The van der Waals surface area contributed by atoms with Crippen molar-refractivity contribution >= 4 is 22.1 Å². The summed E-state index contributed by atoms with van der Waals surface area (Å²) in [5.41, 5.74) is 11.2. The first kappa shape index (κ1) is 18.3. The van der Waals surface area contributed by atoms with Gasteiger partial charge in [0.05, 0.1) is 17.0 Å². The van der Waals surface area contributed by atoms with E-state index in [9.17, 15) is 5.26 Å². The van der Waals surface area contributed by atoms with E-state index in [-0.39, 0.29) is 0 Å². The van der Waals surface area contributed by atoms with Crippen LogP contribution in [0.5, 0.6) is 0 Å². The van der Waals surface area contributed by atoms with Crippen molar-refractivity contribution in [1.29, 1.82) is 5.26 Å². The zero-order valence-corrected chi connectivity index (χ0v) is 18.4. The quantitative estimate of drug-likeness (QED) is 0.251. The van der Waals surface area contributed by atoms with Crippen molar-refractivity contribution in [1.82, 2.24) is 0 Å². The number of nitriles is 1. The van der Waals surface area contributed by atoms with Crippen molar-refractivity contribution < 1.29 is 0 Å². The molecule has 0 fully saturated rings. The Hall–Kier alpha value is -3.48. The number of benzene rings is 4. The summed E-state index contributed by atoms with van der Waals surface area (Å²) in [5.74, 6) is 0. The van der Waals surface area contributed by atoms with Crippen LogP contribution in [0.1, 0.15) is 33.4 Å². The van der Waals surface area contributed by atoms with E-state index in [4.69, 9.17) is 0 Å². The molecule has 0 radical (unpaired) electrons. The van der Waals surface area contributed by atoms with Gasteiger partial charge in [-0.2, -0.15) is 5.26 Å². The predicted molar refractivity (Wildman–Crippen MR) is 129 cm³/mol. The normalized spacial score (nSPS) is 17.3. The molecule has 2 nitrogen and oxygen atoms in total. The Bertz CT molecular complexity index is 1480. The highest BCUT2D eigenvalue weighted by atomic mass is 79.9. The molecule has 31 heavy (non-hydrogen) atoms. The number of nitrogens with zero attached hydrogens (tertiary/aromatic N) is 2. The third-order valence-electron chi connectivity index (χ3n) is 6.59. The van der Waals surface area contributed by atoms with Gasteiger partial charge in [-0.1, -0.05) is 70.5 Å². The maximum Gasteiger partial charge on any atom is 0.0991 e. The first-order chi connectivity index (χ1) is 15.2. The fourth-order valence-electron chi connectivity index (χ4n) is 5.51. The molecular formula is C28H17BrN2. The molecule has 2 aliphatic carbocycles. The van der Waals surface area contributed by atoms with Crippen molar-refractivity contribution in [3.05, 3.63) is 117 Å². The monoisotopic (exact) mass is 460 g/mol. The van der Waals surface area contributed by atoms with E-state index in [2.05, 4.69) is 93.7 Å². The summed E-state index contributed by atoms with van der Waals surface area (Å²) in [6.07, 6.45) is 1.88. The molecule has 3 heteroatoms. The van der Waals surface area contributed by atoms with Gasteiger partial charge in [0.15, 0.2) is 0 Å². The standard InChI is InChI=1S/C28H17BrN2/c1-31-16-18-10-12-24-21(14-18)20-13-17(15-30)9-11-23(20)28(24)22-6-3-2-5-19(22)27-25(28)7-4-8-26(27)29/h2-14,16H,1H3. The Morgan fingerprint density at radius 3 is 2.32 bits per heavy atom. The van der Waals surface area contributed by atoms with Gasteiger partial charge in [-0.05, 0) is 68.8 Å². The zero-order valence-electron chi connectivity index (χ0n) is 16.9. The van der Waals surface area contributed by atoms with E-state index in [1.807, 2.05) is 18.3 Å². The van der Waals surface area contributed by atoms with E-state index in [0.29, 0.717) is 5.56 Å². The zero-order chi connectivity index (χ0) is 21.2. The molecule has 0 heterocycles. The lowest BCUT2D eigenvalue weighted by molar-refractivity contribution is 0.793. The average molecular weight is 461 g/mol. The summed E-state index contributed by atoms with van der Waals surface area (Å²) in [6.45, 7) is 0. The van der Waals surface area contributed by atoms with Crippen LogP contribution in [-0.4, -0.2) is 13.3 Å². The highest BCUT2D eigenvalue weighted by molar-refractivity contribution is 9.10. The Morgan fingerprint density at radius 1 is 0.806 bits per heavy atom. The Morgan fingerprint density at radius 2 is 1.52 bits per heavy atom. The number of fused-ring (bicyclic) bond motifs is 10. The van der Waals surface area contributed by atoms with Gasteiger partial charge in [0, 0.05) is 23.3 Å². The summed E-state index contributed by atoms with van der Waals surface area (Å²) in [6, 6.07) is 30.2. The van der Waals surface area contributed by atoms with Crippen molar-refractivity contribution in [2.24, 2.45) is 4.99 Å². The Labute approximate surface area is 189 Å². The highest BCUT2D eigenvalue weighted by Gasteiger charge is 2.52. The predicted octanol–water partition coefficient (Wildman–Crippen LogP) is 6.71. The summed E-state index contributed by atoms with van der Waals surface area (Å²) < 4.78 is 1.10. The van der Waals surface area contributed by atoms with Crippen LogP contribution in [0.2, 0.25) is 0 Å². The van der Waals surface area contributed by atoms with Gasteiger partial charge in [0.2, 0.25) is 0 Å². The lowest BCUT2D eigenvalue weighted by Gasteiger charge is -2.30. The molecule has 0 N–H and O–H groups in total. The number of hydrogen-bond acceptors (Lipinski definition) is 2. The van der Waals surface area contributed by atoms with Crippen LogP contribution in [0.4, 0.5) is 0 Å². The van der Waals surface area contributed by atoms with Gasteiger partial charge in [-0.3, -0.25) is 4.99 Å². The van der Waals surface area contributed by atoms with E-state index >= 15 is 0 Å². The summed E-state index contributed by atoms with van der Waals surface area (Å²) >= 11 is 3.82. The van der Waals surface area contributed by atoms with Gasteiger partial charge < -0.3 is 0 Å². The second-order valence-electron chi connectivity index (χ2n) is 8.02. The lowest BCUT2D eigenvalue weighted by Crippen LogP contribution is -2.25. The summed E-state index contributed by atoms with van der Waals surface area (Å²) in [7, 11) is 1.79. The second kappa shape index (κ2) is 6.51. The fourth-order valence-corrected chi connectivity index (χ4v) is 6.09. The molecule has 146 valence electrons. The van der Waals surface area contributed by atoms with Crippen molar-refractivity contribution in [2.75, 3.05) is 7.05 Å². The third-order valence-corrected chi connectivity index (χ3v) is 7.25. The topological polar surface area (TPSA) is 36.1 Å². The molecule has 1 unspecified atom stereocenters. The van der Waals surface area contributed by atoms with Crippen LogP contribution < -0.4 is 0 Å². The Kier molecular flexibility index (Phi) is 3.84. The minimum absolute atomic E-state index is 0.393. The molecule has 1 spiro atoms. The number of hydrogen-bond donors (Lipinski definition) is 0. The number of rotatable bonds is 1. The van der Waals surface area contributed by atoms with E-state index < -0.39 is 5.41 Å². The summed E-state index contributed by atoms with van der Waals surface area (Å²) in [4.78, 5) is 4.21. The molecule has 1 atom stereocenters. The average Bonchev–Trinajstić information content (AvgIpc) is 3.26. The van der Waals surface area contributed by atoms with Crippen LogP contribution >= 0.6 is 15.9 Å². The molecule has 6 rings (SSSR count). The molecule has 0 amide bonds. The largest absolute Gasteiger partial charge is 0.296 e. The van der Waals surface area contributed by atoms with E-state index in [1.165, 1.54) is 38.9 Å². The third kappa shape index (κ3) is 2.23. The van der Waals surface area contributed by atoms with Gasteiger partial charge in [-0.25, -0.2) is 0 Å². The molecule has 0 saturated heterocycles. The first-order valence-corrected chi connectivity index (χ1v) is 11.0. The smallest absolute Gasteiger partial charge is 0.0991 e. The first-order valence-electron chi connectivity index (χ1n) is 10.2. The molecule has 2 aliphatic rings. The fraction of sp³-hybridized carbons (Fsp3) is 0.0714. The SMILES string of the molecule is CN=Cc1ccc2c(c1)-c1cc(C#N)ccc1C21c2ccccc2-c2c(Br)cccc21. The van der Waals surface area contributed by atoms with Gasteiger partial charge in [0.1, 0.15) is 0 Å². The van der Waals surface area contributed by atoms with Crippen molar-refractivity contribution in [3.63, 3.8) is 0 Å². The van der Waals surface area contributed by atoms with Gasteiger partial charge in [0.25, 0.3) is 0 Å². The van der Waals surface area contributed by atoms with Gasteiger partial charge in [-0.15, -0.1) is 0 Å². The molecule has 0 bridgehead atoms. The minimum atomic E-state index is -0.393. The van der Waals surface area contributed by atoms with Crippen LogP contribution in [0, 0.1) is 11.3 Å². The van der Waals surface area contributed by atoms with Crippen molar-refractivity contribution in [2.45, 2.75) is 5.41 Å². The molecule has 0 saturated carbocycles. The van der Waals surface area contributed by atoms with Crippen LogP contribution in [-0.2, 0) is 5.41 Å². The summed E-state index contributed by atoms with van der Waals surface area (Å²) in [5, 5.41) is 9.59. The van der Waals surface area contributed by atoms with E-state index in [1.54, 1.807) is 7.05 Å². The highest BCUT2D eigenvalue weighted by Crippen LogP contribution is 2.63. The minimum Gasteiger partial charge on any atom is -0.296 e. The maximum atomic E-state index is 9.59. The molecule has 0 aromatic heterocycles. The van der Waals surface area contributed by atoms with Crippen LogP contribution in [0.25, 0.3) is 22.3 Å². The maximum absolute atomic E-state index is 9.59. The van der Waals surface area contributed by atoms with Crippen LogP contribution in [0.15, 0.2) is 88.3 Å². The number of aliphatic imine (C=N–C) groups is 1. The lowest BCUT2D eigenvalue weighted by atomic mass is 9.70. The van der Waals surface area contributed by atoms with Gasteiger partial charge >= 0.3 is 0 Å². The van der Waals surface area contributed by atoms with Crippen LogP contribution in [0.3, 0.4) is 0 Å². The molecule has 4 aromatic carbocycles. The molecular weight excluding hydrogens is 444 g/mol. The molecule has 0 aliphatic heterocycles. The Balaban J connectivity index is 1.82. The van der Waals surface area contributed by atoms with Crippen molar-refractivity contribution in [3.8, 4) is 28.3 Å². The second-order valence-corrected chi connectivity index (χ2v) is 8.88. The van der Waals surface area contributed by atoms with E-state index in [0.717, 1.165) is 15.6 Å². The number of halogens is 1.